The summed E-state index contributed by atoms with van der Waals surface area (Å²) in [7, 11) is 0. The minimum atomic E-state index is 0.643. The van der Waals surface area contributed by atoms with E-state index in [4.69, 9.17) is 16.3 Å². The van der Waals surface area contributed by atoms with Crippen molar-refractivity contribution in [1.82, 2.24) is 0 Å². The zero-order chi connectivity index (χ0) is 13.9. The highest BCUT2D eigenvalue weighted by molar-refractivity contribution is 6.32. The van der Waals surface area contributed by atoms with Gasteiger partial charge in [0.15, 0.2) is 0 Å². The van der Waals surface area contributed by atoms with Gasteiger partial charge < -0.3 is 10.1 Å². The lowest BCUT2D eigenvalue weighted by molar-refractivity contribution is 0.340. The third kappa shape index (κ3) is 6.72. The molecule has 1 N–H and O–H groups in total. The van der Waals surface area contributed by atoms with Crippen LogP contribution in [-0.4, -0.2) is 13.2 Å². The lowest BCUT2D eigenvalue weighted by Crippen LogP contribution is -2.01. The molecule has 2 nitrogen and oxygen atoms in total. The van der Waals surface area contributed by atoms with Crippen LogP contribution in [0.2, 0.25) is 5.02 Å². The number of hydrogen-bond donors (Lipinski definition) is 1. The van der Waals surface area contributed by atoms with Gasteiger partial charge in [-0.1, -0.05) is 50.6 Å². The average Bonchev–Trinajstić information content (AvgIpc) is 2.41. The van der Waals surface area contributed by atoms with Gasteiger partial charge in [-0.05, 0) is 31.5 Å². The summed E-state index contributed by atoms with van der Waals surface area (Å²) in [6.07, 6.45) is 7.90. The molecule has 3 heteroatoms. The summed E-state index contributed by atoms with van der Waals surface area (Å²) in [6, 6.07) is 5.88. The SMILES string of the molecule is CCCCCCCCNc1ccc(OCC)c(Cl)c1. The van der Waals surface area contributed by atoms with E-state index in [1.165, 1.54) is 38.5 Å². The Bertz CT molecular complexity index is 355. The molecule has 1 rings (SSSR count). The number of nitrogens with one attached hydrogen (secondary N) is 1. The molecule has 0 aromatic heterocycles. The molecule has 1 aromatic carbocycles. The van der Waals surface area contributed by atoms with Crippen LogP contribution < -0.4 is 10.1 Å². The summed E-state index contributed by atoms with van der Waals surface area (Å²) < 4.78 is 5.41. The molecule has 108 valence electrons. The molecule has 0 amide bonds. The lowest BCUT2D eigenvalue weighted by Gasteiger charge is -2.10. The summed E-state index contributed by atoms with van der Waals surface area (Å²) in [6.45, 7) is 5.86. The van der Waals surface area contributed by atoms with E-state index in [-0.39, 0.29) is 0 Å². The maximum absolute atomic E-state index is 6.14. The van der Waals surface area contributed by atoms with Crippen molar-refractivity contribution in [2.24, 2.45) is 0 Å². The summed E-state index contributed by atoms with van der Waals surface area (Å²) in [4.78, 5) is 0. The number of hydrogen-bond acceptors (Lipinski definition) is 2. The van der Waals surface area contributed by atoms with E-state index in [1.54, 1.807) is 0 Å². The third-order valence-electron chi connectivity index (χ3n) is 3.09. The van der Waals surface area contributed by atoms with Crippen LogP contribution in [0.3, 0.4) is 0 Å². The molecular weight excluding hydrogens is 258 g/mol. The highest BCUT2D eigenvalue weighted by atomic mass is 35.5. The Kier molecular flexibility index (Phi) is 8.48. The molecule has 19 heavy (non-hydrogen) atoms. The van der Waals surface area contributed by atoms with Crippen LogP contribution in [0.15, 0.2) is 18.2 Å². The number of unbranched alkanes of at least 4 members (excludes halogenated alkanes) is 5. The first kappa shape index (κ1) is 16.2. The van der Waals surface area contributed by atoms with Crippen LogP contribution in [0.1, 0.15) is 52.4 Å². The summed E-state index contributed by atoms with van der Waals surface area (Å²) in [5.41, 5.74) is 1.07. The molecule has 0 saturated carbocycles. The minimum absolute atomic E-state index is 0.643. The van der Waals surface area contributed by atoms with Gasteiger partial charge in [0, 0.05) is 12.2 Å². The van der Waals surface area contributed by atoms with E-state index in [9.17, 15) is 0 Å². The van der Waals surface area contributed by atoms with Gasteiger partial charge in [0.05, 0.1) is 11.6 Å². The fourth-order valence-corrected chi connectivity index (χ4v) is 2.26. The van der Waals surface area contributed by atoms with Gasteiger partial charge in [-0.3, -0.25) is 0 Å². The van der Waals surface area contributed by atoms with Crippen LogP contribution in [0.5, 0.6) is 5.75 Å². The molecule has 0 fully saturated rings. The zero-order valence-electron chi connectivity index (χ0n) is 12.2. The lowest BCUT2D eigenvalue weighted by atomic mass is 10.1. The second kappa shape index (κ2) is 9.96. The number of anilines is 1. The van der Waals surface area contributed by atoms with Gasteiger partial charge in [0.2, 0.25) is 0 Å². The average molecular weight is 284 g/mol. The fourth-order valence-electron chi connectivity index (χ4n) is 2.02. The van der Waals surface area contributed by atoms with Crippen LogP contribution in [-0.2, 0) is 0 Å². The van der Waals surface area contributed by atoms with E-state index in [0.717, 1.165) is 18.0 Å². The predicted molar refractivity (Wildman–Crippen MR) is 84.5 cm³/mol. The number of halogens is 1. The van der Waals surface area contributed by atoms with Gasteiger partial charge in [-0.2, -0.15) is 0 Å². The van der Waals surface area contributed by atoms with Crippen molar-refractivity contribution in [3.05, 3.63) is 23.2 Å². The van der Waals surface area contributed by atoms with E-state index in [1.807, 2.05) is 25.1 Å². The molecule has 1 aromatic rings. The number of benzene rings is 1. The number of ether oxygens (including phenoxy) is 1. The van der Waals surface area contributed by atoms with Crippen molar-refractivity contribution < 1.29 is 4.74 Å². The maximum Gasteiger partial charge on any atom is 0.138 e. The molecule has 0 spiro atoms. The summed E-state index contributed by atoms with van der Waals surface area (Å²) in [5.74, 6) is 0.759. The van der Waals surface area contributed by atoms with E-state index in [2.05, 4.69) is 12.2 Å². The normalized spacial score (nSPS) is 10.5. The Morgan fingerprint density at radius 1 is 1.05 bits per heavy atom. The topological polar surface area (TPSA) is 21.3 Å². The van der Waals surface area contributed by atoms with Gasteiger partial charge in [-0.25, -0.2) is 0 Å². The van der Waals surface area contributed by atoms with Gasteiger partial charge in [-0.15, -0.1) is 0 Å². The molecule has 0 unspecified atom stereocenters. The first-order valence-corrected chi connectivity index (χ1v) is 7.82. The smallest absolute Gasteiger partial charge is 0.138 e. The molecule has 0 aliphatic rings. The van der Waals surface area contributed by atoms with Crippen molar-refractivity contribution in [3.63, 3.8) is 0 Å². The molecule has 0 bridgehead atoms. The first-order valence-electron chi connectivity index (χ1n) is 7.44. The van der Waals surface area contributed by atoms with E-state index < -0.39 is 0 Å². The molecule has 0 saturated heterocycles. The fraction of sp³-hybridized carbons (Fsp3) is 0.625. The van der Waals surface area contributed by atoms with Crippen LogP contribution in [0.25, 0.3) is 0 Å². The second-order valence-corrected chi connectivity index (χ2v) is 5.18. The summed E-state index contributed by atoms with van der Waals surface area (Å²) in [5, 5.41) is 4.08. The first-order chi connectivity index (χ1) is 9.27. The van der Waals surface area contributed by atoms with Crippen molar-refractivity contribution in [1.29, 1.82) is 0 Å². The monoisotopic (exact) mass is 283 g/mol. The Labute approximate surface area is 122 Å². The number of rotatable bonds is 10. The highest BCUT2D eigenvalue weighted by Gasteiger charge is 2.01. The van der Waals surface area contributed by atoms with Gasteiger partial charge >= 0.3 is 0 Å². The quantitative estimate of drug-likeness (QED) is 0.572. The summed E-state index contributed by atoms with van der Waals surface area (Å²) >= 11 is 6.14. The largest absolute Gasteiger partial charge is 0.492 e. The minimum Gasteiger partial charge on any atom is -0.492 e. The molecule has 0 aliphatic heterocycles. The molecule has 0 atom stereocenters. The van der Waals surface area contributed by atoms with Crippen molar-refractivity contribution >= 4 is 17.3 Å². The van der Waals surface area contributed by atoms with Crippen LogP contribution in [0, 0.1) is 0 Å². The Morgan fingerprint density at radius 3 is 2.47 bits per heavy atom. The molecule has 0 heterocycles. The molecule has 0 radical (unpaired) electrons. The van der Waals surface area contributed by atoms with Crippen molar-refractivity contribution in [3.8, 4) is 5.75 Å². The Morgan fingerprint density at radius 2 is 1.79 bits per heavy atom. The third-order valence-corrected chi connectivity index (χ3v) is 3.39. The zero-order valence-corrected chi connectivity index (χ0v) is 12.9. The molecular formula is C16H26ClNO. The van der Waals surface area contributed by atoms with Crippen molar-refractivity contribution in [2.45, 2.75) is 52.4 Å². The Balaban J connectivity index is 2.20. The Hall–Kier alpha value is -0.890. The standard InChI is InChI=1S/C16H26ClNO/c1-3-5-6-7-8-9-12-18-14-10-11-16(19-4-2)15(17)13-14/h10-11,13,18H,3-9,12H2,1-2H3. The van der Waals surface area contributed by atoms with E-state index in [0.29, 0.717) is 11.6 Å². The second-order valence-electron chi connectivity index (χ2n) is 4.77. The van der Waals surface area contributed by atoms with Crippen LogP contribution in [0.4, 0.5) is 5.69 Å². The van der Waals surface area contributed by atoms with Gasteiger partial charge in [0.25, 0.3) is 0 Å². The van der Waals surface area contributed by atoms with Gasteiger partial charge in [0.1, 0.15) is 5.75 Å². The van der Waals surface area contributed by atoms with Crippen LogP contribution >= 0.6 is 11.6 Å². The van der Waals surface area contributed by atoms with E-state index >= 15 is 0 Å². The van der Waals surface area contributed by atoms with Crippen molar-refractivity contribution in [2.75, 3.05) is 18.5 Å². The maximum atomic E-state index is 6.14. The predicted octanol–water partition coefficient (Wildman–Crippen LogP) is 5.51. The highest BCUT2D eigenvalue weighted by Crippen LogP contribution is 2.27. The molecule has 0 aliphatic carbocycles.